The summed E-state index contributed by atoms with van der Waals surface area (Å²) in [5, 5.41) is 8.49. The van der Waals surface area contributed by atoms with Gasteiger partial charge in [0, 0.05) is 18.6 Å². The molecular weight excluding hydrogens is 256 g/mol. The molecule has 0 bridgehead atoms. The van der Waals surface area contributed by atoms with E-state index < -0.39 is 6.03 Å². The molecule has 3 unspecified atom stereocenters. The number of hydrogen-bond donors (Lipinski definition) is 3. The summed E-state index contributed by atoms with van der Waals surface area (Å²) < 4.78 is 0. The third-order valence-electron chi connectivity index (χ3n) is 4.26. The third-order valence-corrected chi connectivity index (χ3v) is 4.26. The van der Waals surface area contributed by atoms with Crippen LogP contribution in [-0.2, 0) is 4.79 Å². The predicted molar refractivity (Wildman–Crippen MR) is 77.3 cm³/mol. The number of imide groups is 1. The molecule has 2 aliphatic heterocycles. The van der Waals surface area contributed by atoms with Crippen molar-refractivity contribution in [3.8, 4) is 0 Å². The molecule has 2 rings (SSSR count). The molecule has 2 heterocycles. The Balaban J connectivity index is 1.83. The van der Waals surface area contributed by atoms with E-state index in [1.165, 1.54) is 0 Å². The molecule has 3 amide bonds. The summed E-state index contributed by atoms with van der Waals surface area (Å²) in [4.78, 5) is 25.7. The molecule has 3 atom stereocenters. The summed E-state index contributed by atoms with van der Waals surface area (Å²) in [6.07, 6.45) is 1.05. The number of rotatable bonds is 4. The number of urea groups is 1. The summed E-state index contributed by atoms with van der Waals surface area (Å²) in [6.45, 7) is 9.27. The normalized spacial score (nSPS) is 29.5. The van der Waals surface area contributed by atoms with Crippen LogP contribution in [0, 0.1) is 11.8 Å². The molecule has 2 saturated heterocycles. The van der Waals surface area contributed by atoms with Gasteiger partial charge in [0.1, 0.15) is 0 Å². The molecule has 0 aromatic carbocycles. The van der Waals surface area contributed by atoms with Gasteiger partial charge >= 0.3 is 6.03 Å². The highest BCUT2D eigenvalue weighted by atomic mass is 16.2. The second kappa shape index (κ2) is 6.54. The average molecular weight is 282 g/mol. The SMILES string of the molecule is CCC1C2CNCC2CN1CC(=O)NC(=O)NC(C)C. The van der Waals surface area contributed by atoms with Crippen LogP contribution in [-0.4, -0.2) is 55.1 Å². The van der Waals surface area contributed by atoms with E-state index in [-0.39, 0.29) is 11.9 Å². The summed E-state index contributed by atoms with van der Waals surface area (Å²) in [7, 11) is 0. The lowest BCUT2D eigenvalue weighted by Crippen LogP contribution is -2.48. The highest BCUT2D eigenvalue weighted by molar-refractivity contribution is 5.95. The van der Waals surface area contributed by atoms with Gasteiger partial charge in [-0.05, 0) is 45.2 Å². The standard InChI is InChI=1S/C14H26N4O2/c1-4-12-11-6-15-5-10(11)7-18(12)8-13(19)17-14(20)16-9(2)3/h9-12,15H,4-8H2,1-3H3,(H2,16,17,19,20). The first-order valence-corrected chi connectivity index (χ1v) is 7.56. The first-order valence-electron chi connectivity index (χ1n) is 7.56. The number of hydrogen-bond acceptors (Lipinski definition) is 4. The highest BCUT2D eigenvalue weighted by Crippen LogP contribution is 2.33. The van der Waals surface area contributed by atoms with Gasteiger partial charge in [-0.15, -0.1) is 0 Å². The Bertz CT molecular complexity index is 372. The third kappa shape index (κ3) is 3.49. The van der Waals surface area contributed by atoms with Gasteiger partial charge in [0.15, 0.2) is 0 Å². The molecule has 20 heavy (non-hydrogen) atoms. The van der Waals surface area contributed by atoms with Gasteiger partial charge in [0.25, 0.3) is 0 Å². The van der Waals surface area contributed by atoms with Gasteiger partial charge in [-0.2, -0.15) is 0 Å². The highest BCUT2D eigenvalue weighted by Gasteiger charge is 2.43. The molecule has 2 aliphatic rings. The van der Waals surface area contributed by atoms with Crippen molar-refractivity contribution in [3.05, 3.63) is 0 Å². The maximum Gasteiger partial charge on any atom is 0.321 e. The topological polar surface area (TPSA) is 73.5 Å². The van der Waals surface area contributed by atoms with Crippen LogP contribution in [0.25, 0.3) is 0 Å². The Morgan fingerprint density at radius 3 is 2.75 bits per heavy atom. The number of carbonyl (C=O) groups excluding carboxylic acids is 2. The Morgan fingerprint density at radius 1 is 1.35 bits per heavy atom. The van der Waals surface area contributed by atoms with Crippen molar-refractivity contribution in [3.63, 3.8) is 0 Å². The lowest BCUT2D eigenvalue weighted by atomic mass is 9.93. The number of nitrogens with one attached hydrogen (secondary N) is 3. The minimum atomic E-state index is -0.404. The van der Waals surface area contributed by atoms with E-state index in [1.54, 1.807) is 0 Å². The van der Waals surface area contributed by atoms with E-state index in [0.717, 1.165) is 26.1 Å². The van der Waals surface area contributed by atoms with E-state index in [1.807, 2.05) is 13.8 Å². The molecule has 3 N–H and O–H groups in total. The van der Waals surface area contributed by atoms with Gasteiger partial charge in [-0.25, -0.2) is 4.79 Å². The van der Waals surface area contributed by atoms with Crippen LogP contribution in [0.3, 0.4) is 0 Å². The molecule has 2 fully saturated rings. The van der Waals surface area contributed by atoms with Gasteiger partial charge in [0.05, 0.1) is 6.54 Å². The molecule has 6 heteroatoms. The number of nitrogens with zero attached hydrogens (tertiary/aromatic N) is 1. The van der Waals surface area contributed by atoms with Crippen LogP contribution in [0.4, 0.5) is 4.79 Å². The Kier molecular flexibility index (Phi) is 4.99. The largest absolute Gasteiger partial charge is 0.336 e. The van der Waals surface area contributed by atoms with E-state index in [2.05, 4.69) is 27.8 Å². The average Bonchev–Trinajstić information content (AvgIpc) is 2.87. The van der Waals surface area contributed by atoms with Crippen molar-refractivity contribution in [1.29, 1.82) is 0 Å². The molecule has 0 spiro atoms. The lowest BCUT2D eigenvalue weighted by Gasteiger charge is -2.26. The smallest absolute Gasteiger partial charge is 0.321 e. The minimum absolute atomic E-state index is 0.0309. The van der Waals surface area contributed by atoms with E-state index >= 15 is 0 Å². The van der Waals surface area contributed by atoms with Crippen LogP contribution < -0.4 is 16.0 Å². The number of fused-ring (bicyclic) bond motifs is 1. The number of amides is 3. The van der Waals surface area contributed by atoms with Gasteiger partial charge < -0.3 is 10.6 Å². The lowest BCUT2D eigenvalue weighted by molar-refractivity contribution is -0.121. The number of carbonyl (C=O) groups is 2. The molecule has 0 aromatic rings. The summed E-state index contributed by atoms with van der Waals surface area (Å²) >= 11 is 0. The molecule has 0 saturated carbocycles. The second-order valence-electron chi connectivity index (χ2n) is 6.16. The fraction of sp³-hybridized carbons (Fsp3) is 0.857. The maximum atomic E-state index is 11.9. The Labute approximate surface area is 120 Å². The van der Waals surface area contributed by atoms with Crippen molar-refractivity contribution >= 4 is 11.9 Å². The van der Waals surface area contributed by atoms with Crippen LogP contribution in [0.1, 0.15) is 27.2 Å². The van der Waals surface area contributed by atoms with Crippen LogP contribution >= 0.6 is 0 Å². The van der Waals surface area contributed by atoms with Crippen molar-refractivity contribution in [1.82, 2.24) is 20.9 Å². The van der Waals surface area contributed by atoms with E-state index in [4.69, 9.17) is 0 Å². The first kappa shape index (κ1) is 15.3. The maximum absolute atomic E-state index is 11.9. The zero-order chi connectivity index (χ0) is 14.7. The van der Waals surface area contributed by atoms with Crippen LogP contribution in [0.5, 0.6) is 0 Å². The minimum Gasteiger partial charge on any atom is -0.336 e. The fourth-order valence-electron chi connectivity index (χ4n) is 3.50. The summed E-state index contributed by atoms with van der Waals surface area (Å²) in [6, 6.07) is 0.0800. The van der Waals surface area contributed by atoms with Crippen LogP contribution in [0.2, 0.25) is 0 Å². The van der Waals surface area contributed by atoms with Crippen molar-refractivity contribution in [2.24, 2.45) is 11.8 Å². The Morgan fingerprint density at radius 2 is 2.10 bits per heavy atom. The van der Waals surface area contributed by atoms with Gasteiger partial charge in [-0.3, -0.25) is 15.0 Å². The van der Waals surface area contributed by atoms with E-state index in [9.17, 15) is 9.59 Å². The van der Waals surface area contributed by atoms with E-state index in [0.29, 0.717) is 24.4 Å². The second-order valence-corrected chi connectivity index (χ2v) is 6.16. The zero-order valence-electron chi connectivity index (χ0n) is 12.6. The molecule has 0 aliphatic carbocycles. The molecule has 0 aromatic heterocycles. The van der Waals surface area contributed by atoms with Crippen molar-refractivity contribution in [2.45, 2.75) is 39.3 Å². The van der Waals surface area contributed by atoms with Gasteiger partial charge in [0.2, 0.25) is 5.91 Å². The summed E-state index contributed by atoms with van der Waals surface area (Å²) in [5.41, 5.74) is 0. The van der Waals surface area contributed by atoms with Gasteiger partial charge in [-0.1, -0.05) is 6.92 Å². The quantitative estimate of drug-likeness (QED) is 0.686. The monoisotopic (exact) mass is 282 g/mol. The first-order chi connectivity index (χ1) is 9.51. The number of likely N-dealkylation sites (tertiary alicyclic amines) is 1. The summed E-state index contributed by atoms with van der Waals surface area (Å²) in [5.74, 6) is 1.09. The predicted octanol–water partition coefficient (Wildman–Crippen LogP) is 0.150. The molecule has 0 radical (unpaired) electrons. The fourth-order valence-corrected chi connectivity index (χ4v) is 3.50. The zero-order valence-corrected chi connectivity index (χ0v) is 12.6. The van der Waals surface area contributed by atoms with Crippen LogP contribution in [0.15, 0.2) is 0 Å². The molecule has 114 valence electrons. The Hall–Kier alpha value is -1.14. The van der Waals surface area contributed by atoms with Crippen molar-refractivity contribution in [2.75, 3.05) is 26.2 Å². The van der Waals surface area contributed by atoms with Crippen molar-refractivity contribution < 1.29 is 9.59 Å². The molecular formula is C14H26N4O2. The molecule has 6 nitrogen and oxygen atoms in total.